The SMILES string of the molecule is Cc1c(NC(=O)CSc2ccccc2C(=O)N2CCN(c3cc(Cl)c(Cl)c(Cl)c3)CC2)c(=O)n(-c2ccccc2)n1C. The van der Waals surface area contributed by atoms with E-state index < -0.39 is 0 Å². The second-order valence-corrected chi connectivity index (χ2v) is 12.0. The smallest absolute Gasteiger partial charge is 0.295 e. The van der Waals surface area contributed by atoms with Crippen molar-refractivity contribution in [2.24, 2.45) is 7.05 Å². The van der Waals surface area contributed by atoms with Gasteiger partial charge in [0.1, 0.15) is 5.69 Å². The molecule has 42 heavy (non-hydrogen) atoms. The maximum atomic E-state index is 13.5. The zero-order valence-electron chi connectivity index (χ0n) is 22.9. The minimum atomic E-state index is -0.331. The lowest BCUT2D eigenvalue weighted by molar-refractivity contribution is -0.113. The van der Waals surface area contributed by atoms with Crippen LogP contribution in [0.2, 0.25) is 15.1 Å². The molecule has 5 rings (SSSR count). The molecular weight excluding hydrogens is 617 g/mol. The molecular formula is C30H28Cl3N5O3S. The molecule has 1 fully saturated rings. The third-order valence-corrected chi connectivity index (χ3v) is 9.47. The minimum absolute atomic E-state index is 0.0370. The largest absolute Gasteiger partial charge is 0.368 e. The highest BCUT2D eigenvalue weighted by Crippen LogP contribution is 2.35. The van der Waals surface area contributed by atoms with Gasteiger partial charge < -0.3 is 15.1 Å². The Morgan fingerprint density at radius 2 is 1.50 bits per heavy atom. The van der Waals surface area contributed by atoms with Crippen molar-refractivity contribution < 1.29 is 9.59 Å². The molecule has 2 heterocycles. The number of anilines is 2. The van der Waals surface area contributed by atoms with Crippen molar-refractivity contribution in [1.82, 2.24) is 14.3 Å². The van der Waals surface area contributed by atoms with Crippen LogP contribution in [0.4, 0.5) is 11.4 Å². The lowest BCUT2D eigenvalue weighted by atomic mass is 10.1. The molecule has 0 saturated carbocycles. The Kier molecular flexibility index (Phi) is 9.22. The van der Waals surface area contributed by atoms with Crippen molar-refractivity contribution in [3.8, 4) is 5.69 Å². The fourth-order valence-electron chi connectivity index (χ4n) is 4.86. The molecule has 1 aliphatic rings. The van der Waals surface area contributed by atoms with Crippen LogP contribution in [-0.4, -0.2) is 58.0 Å². The van der Waals surface area contributed by atoms with Crippen LogP contribution in [0.25, 0.3) is 5.69 Å². The van der Waals surface area contributed by atoms with Gasteiger partial charge in [-0.3, -0.25) is 19.1 Å². The lowest BCUT2D eigenvalue weighted by Crippen LogP contribution is -2.48. The highest BCUT2D eigenvalue weighted by atomic mass is 35.5. The minimum Gasteiger partial charge on any atom is -0.368 e. The van der Waals surface area contributed by atoms with Gasteiger partial charge in [-0.2, -0.15) is 0 Å². The molecule has 0 unspecified atom stereocenters. The number of carbonyl (C=O) groups is 2. The number of halogens is 3. The number of carbonyl (C=O) groups excluding carboxylic acids is 2. The van der Waals surface area contributed by atoms with E-state index in [2.05, 4.69) is 10.2 Å². The van der Waals surface area contributed by atoms with Crippen LogP contribution < -0.4 is 15.8 Å². The number of piperazine rings is 1. The van der Waals surface area contributed by atoms with Crippen molar-refractivity contribution in [3.63, 3.8) is 0 Å². The molecule has 1 saturated heterocycles. The summed E-state index contributed by atoms with van der Waals surface area (Å²) in [6.07, 6.45) is 0. The molecule has 0 radical (unpaired) electrons. The summed E-state index contributed by atoms with van der Waals surface area (Å²) in [7, 11) is 1.77. The van der Waals surface area contributed by atoms with E-state index in [-0.39, 0.29) is 28.8 Å². The highest BCUT2D eigenvalue weighted by Gasteiger charge is 2.25. The third kappa shape index (κ3) is 6.20. The molecule has 2 amide bonds. The maximum Gasteiger partial charge on any atom is 0.295 e. The Hall–Kier alpha value is -3.37. The number of hydrogen-bond acceptors (Lipinski definition) is 5. The van der Waals surface area contributed by atoms with Crippen LogP contribution in [0.5, 0.6) is 0 Å². The van der Waals surface area contributed by atoms with Crippen LogP contribution in [-0.2, 0) is 11.8 Å². The van der Waals surface area contributed by atoms with E-state index in [1.54, 1.807) is 41.8 Å². The molecule has 1 aromatic heterocycles. The van der Waals surface area contributed by atoms with Gasteiger partial charge >= 0.3 is 0 Å². The van der Waals surface area contributed by atoms with Crippen molar-refractivity contribution in [2.45, 2.75) is 11.8 Å². The Morgan fingerprint density at radius 1 is 0.881 bits per heavy atom. The van der Waals surface area contributed by atoms with Gasteiger partial charge in [-0.05, 0) is 43.3 Å². The van der Waals surface area contributed by atoms with Crippen molar-refractivity contribution in [3.05, 3.63) is 103 Å². The first-order valence-corrected chi connectivity index (χ1v) is 15.3. The molecule has 1 N–H and O–H groups in total. The Bertz CT molecular complexity index is 1680. The molecule has 0 aliphatic carbocycles. The molecule has 4 aromatic rings. The van der Waals surface area contributed by atoms with Gasteiger partial charge in [0.15, 0.2) is 0 Å². The van der Waals surface area contributed by atoms with E-state index in [4.69, 9.17) is 34.8 Å². The summed E-state index contributed by atoms with van der Waals surface area (Å²) in [5, 5.41) is 3.87. The van der Waals surface area contributed by atoms with Crippen LogP contribution in [0, 0.1) is 6.92 Å². The van der Waals surface area contributed by atoms with Gasteiger partial charge in [-0.1, -0.05) is 65.1 Å². The topological polar surface area (TPSA) is 79.6 Å². The molecule has 1 aliphatic heterocycles. The molecule has 3 aromatic carbocycles. The second-order valence-electron chi connectivity index (χ2n) is 9.77. The first-order chi connectivity index (χ1) is 20.2. The van der Waals surface area contributed by atoms with Gasteiger partial charge in [0.25, 0.3) is 11.5 Å². The number of aromatic nitrogens is 2. The third-order valence-electron chi connectivity index (χ3n) is 7.20. The van der Waals surface area contributed by atoms with Crippen LogP contribution in [0.3, 0.4) is 0 Å². The van der Waals surface area contributed by atoms with Crippen LogP contribution in [0.1, 0.15) is 16.1 Å². The fourth-order valence-corrected chi connectivity index (χ4v) is 6.29. The predicted molar refractivity (Wildman–Crippen MR) is 171 cm³/mol. The van der Waals surface area contributed by atoms with Gasteiger partial charge in [0.05, 0.1) is 37.8 Å². The molecule has 0 bridgehead atoms. The lowest BCUT2D eigenvalue weighted by Gasteiger charge is -2.36. The molecule has 0 spiro atoms. The van der Waals surface area contributed by atoms with E-state index in [9.17, 15) is 14.4 Å². The van der Waals surface area contributed by atoms with E-state index in [1.807, 2.05) is 48.5 Å². The summed E-state index contributed by atoms with van der Waals surface area (Å²) in [6.45, 7) is 4.02. The first kappa shape index (κ1) is 30.1. The number of hydrogen-bond donors (Lipinski definition) is 1. The fraction of sp³-hybridized carbons (Fsp3) is 0.233. The summed E-state index contributed by atoms with van der Waals surface area (Å²) in [6, 6.07) is 20.0. The summed E-state index contributed by atoms with van der Waals surface area (Å²) >= 11 is 19.8. The van der Waals surface area contributed by atoms with Gasteiger partial charge in [-0.25, -0.2) is 4.68 Å². The van der Waals surface area contributed by atoms with E-state index in [0.717, 1.165) is 5.69 Å². The van der Waals surface area contributed by atoms with E-state index >= 15 is 0 Å². The summed E-state index contributed by atoms with van der Waals surface area (Å²) in [5.41, 5.74) is 2.66. The number of amides is 2. The standard InChI is InChI=1S/C30H28Cl3N5O3S/c1-19-28(30(41)38(35(19)2)20-8-4-3-5-9-20)34-26(39)18-42-25-11-7-6-10-22(25)29(40)37-14-12-36(13-15-37)21-16-23(31)27(33)24(32)17-21/h3-11,16-17H,12-15,18H2,1-2H3,(H,34,39). The number of rotatable bonds is 7. The zero-order chi connectivity index (χ0) is 30.0. The Morgan fingerprint density at radius 3 is 2.17 bits per heavy atom. The summed E-state index contributed by atoms with van der Waals surface area (Å²) < 4.78 is 3.23. The first-order valence-electron chi connectivity index (χ1n) is 13.2. The zero-order valence-corrected chi connectivity index (χ0v) is 26.0. The maximum absolute atomic E-state index is 13.5. The monoisotopic (exact) mass is 643 g/mol. The Labute approximate surface area is 262 Å². The van der Waals surface area contributed by atoms with Crippen LogP contribution in [0.15, 0.2) is 76.4 Å². The number of thioether (sulfide) groups is 1. The van der Waals surface area contributed by atoms with E-state index in [1.165, 1.54) is 16.4 Å². The number of nitrogens with zero attached hydrogens (tertiary/aromatic N) is 4. The average molecular weight is 645 g/mol. The molecule has 0 atom stereocenters. The number of nitrogens with one attached hydrogen (secondary N) is 1. The molecule has 12 heteroatoms. The number of para-hydroxylation sites is 1. The number of benzene rings is 3. The van der Waals surface area contributed by atoms with Crippen molar-refractivity contribution >= 4 is 69.8 Å². The van der Waals surface area contributed by atoms with E-state index in [0.29, 0.717) is 63.1 Å². The summed E-state index contributed by atoms with van der Waals surface area (Å²) in [4.78, 5) is 44.2. The van der Waals surface area contributed by atoms with Crippen molar-refractivity contribution in [1.29, 1.82) is 0 Å². The summed E-state index contributed by atoms with van der Waals surface area (Å²) in [5.74, 6) is -0.396. The van der Waals surface area contributed by atoms with Gasteiger partial charge in [0.2, 0.25) is 5.91 Å². The quantitative estimate of drug-likeness (QED) is 0.193. The molecule has 218 valence electrons. The average Bonchev–Trinajstić information content (AvgIpc) is 3.21. The Balaban J connectivity index is 1.23. The van der Waals surface area contributed by atoms with Gasteiger partial charge in [-0.15, -0.1) is 11.8 Å². The highest BCUT2D eigenvalue weighted by molar-refractivity contribution is 8.00. The van der Waals surface area contributed by atoms with Gasteiger partial charge in [0, 0.05) is 43.8 Å². The normalized spacial score (nSPS) is 13.4. The van der Waals surface area contributed by atoms with Crippen molar-refractivity contribution in [2.75, 3.05) is 42.1 Å². The molecule has 8 nitrogen and oxygen atoms in total. The second kappa shape index (κ2) is 12.9. The van der Waals surface area contributed by atoms with Crippen LogP contribution >= 0.6 is 46.6 Å². The predicted octanol–water partition coefficient (Wildman–Crippen LogP) is 6.14.